The normalized spacial score (nSPS) is 14.1. The Balaban J connectivity index is 1.69. The van der Waals surface area contributed by atoms with Crippen LogP contribution in [0.25, 0.3) is 6.08 Å². The van der Waals surface area contributed by atoms with Crippen molar-refractivity contribution in [2.75, 3.05) is 7.11 Å². The number of carbonyl (C=O) groups is 2. The summed E-state index contributed by atoms with van der Waals surface area (Å²) in [6, 6.07) is 16.9. The molecule has 0 aliphatic carbocycles. The Morgan fingerprint density at radius 1 is 1.09 bits per heavy atom. The van der Waals surface area contributed by atoms with Gasteiger partial charge in [-0.25, -0.2) is 14.6 Å². The van der Waals surface area contributed by atoms with Crippen LogP contribution in [0.2, 0.25) is 5.02 Å². The summed E-state index contributed by atoms with van der Waals surface area (Å²) in [4.78, 5) is 29.5. The lowest BCUT2D eigenvalue weighted by atomic mass is 10.1. The molecule has 1 aliphatic rings. The Hall–Kier alpha value is -2.94. The summed E-state index contributed by atoms with van der Waals surface area (Å²) in [5.74, 6) is -0.278. The molecule has 33 heavy (non-hydrogen) atoms. The Morgan fingerprint density at radius 2 is 1.82 bits per heavy atom. The number of aliphatic imine (C=N–C) groups is 1. The maximum atomic E-state index is 12.7. The van der Waals surface area contributed by atoms with Crippen LogP contribution in [-0.2, 0) is 9.53 Å². The number of methoxy groups -OCH3 is 1. The number of hydrogen-bond donors (Lipinski definition) is 0. The van der Waals surface area contributed by atoms with Gasteiger partial charge in [-0.3, -0.25) is 0 Å². The Morgan fingerprint density at radius 3 is 2.52 bits per heavy atom. The van der Waals surface area contributed by atoms with E-state index in [0.717, 1.165) is 0 Å². The van der Waals surface area contributed by atoms with E-state index in [4.69, 9.17) is 25.8 Å². The zero-order valence-corrected chi connectivity index (χ0v) is 20.9. The molecule has 166 valence electrons. The summed E-state index contributed by atoms with van der Waals surface area (Å²) in [5, 5.41) is 0.407. The Labute approximate surface area is 211 Å². The highest BCUT2D eigenvalue weighted by molar-refractivity contribution is 9.11. The fourth-order valence-corrected chi connectivity index (χ4v) is 4.54. The average Bonchev–Trinajstić information content (AvgIpc) is 3.16. The maximum absolute atomic E-state index is 12.7. The monoisotopic (exact) mass is 589 g/mol. The van der Waals surface area contributed by atoms with Gasteiger partial charge in [-0.05, 0) is 70.5 Å². The molecule has 0 spiro atoms. The van der Waals surface area contributed by atoms with E-state index in [0.29, 0.717) is 36.4 Å². The minimum atomic E-state index is -0.645. The molecule has 0 radical (unpaired) electrons. The second-order valence-corrected chi connectivity index (χ2v) is 8.92. The minimum absolute atomic E-state index is 0.0386. The van der Waals surface area contributed by atoms with Crippen molar-refractivity contribution in [2.45, 2.75) is 0 Å². The second kappa shape index (κ2) is 9.91. The molecule has 0 bridgehead atoms. The van der Waals surface area contributed by atoms with E-state index >= 15 is 0 Å². The first kappa shape index (κ1) is 23.2. The number of carbonyl (C=O) groups excluding carboxylic acids is 2. The predicted molar refractivity (Wildman–Crippen MR) is 132 cm³/mol. The van der Waals surface area contributed by atoms with Crippen LogP contribution >= 0.6 is 43.5 Å². The first-order valence-electron chi connectivity index (χ1n) is 9.48. The third kappa shape index (κ3) is 5.19. The molecule has 9 heteroatoms. The second-order valence-electron chi connectivity index (χ2n) is 6.74. The third-order valence-electron chi connectivity index (χ3n) is 4.57. The number of hydrogen-bond acceptors (Lipinski definition) is 6. The van der Waals surface area contributed by atoms with Crippen molar-refractivity contribution in [3.05, 3.63) is 97.0 Å². The van der Waals surface area contributed by atoms with Crippen LogP contribution in [0.1, 0.15) is 21.5 Å². The number of ether oxygens (including phenoxy) is 3. The molecule has 3 aromatic carbocycles. The fraction of sp³-hybridized carbons (Fsp3) is 0.0417. The van der Waals surface area contributed by atoms with Crippen molar-refractivity contribution < 1.29 is 23.8 Å². The van der Waals surface area contributed by atoms with Crippen molar-refractivity contribution >= 4 is 67.4 Å². The van der Waals surface area contributed by atoms with Crippen LogP contribution in [0.4, 0.5) is 0 Å². The van der Waals surface area contributed by atoms with Gasteiger partial charge in [0.15, 0.2) is 11.4 Å². The molecule has 0 aromatic heterocycles. The predicted octanol–water partition coefficient (Wildman–Crippen LogP) is 6.44. The number of cyclic esters (lactones) is 1. The van der Waals surface area contributed by atoms with Gasteiger partial charge in [0.25, 0.3) is 0 Å². The van der Waals surface area contributed by atoms with Crippen LogP contribution in [0.3, 0.4) is 0 Å². The van der Waals surface area contributed by atoms with E-state index in [-0.39, 0.29) is 17.3 Å². The highest BCUT2D eigenvalue weighted by atomic mass is 79.9. The highest BCUT2D eigenvalue weighted by Crippen LogP contribution is 2.36. The lowest BCUT2D eigenvalue weighted by Gasteiger charge is -2.11. The molecule has 0 amide bonds. The largest absolute Gasteiger partial charge is 0.497 e. The summed E-state index contributed by atoms with van der Waals surface area (Å²) in [7, 11) is 1.54. The van der Waals surface area contributed by atoms with Crippen LogP contribution in [0, 0.1) is 0 Å². The van der Waals surface area contributed by atoms with E-state index in [1.165, 1.54) is 6.08 Å². The highest BCUT2D eigenvalue weighted by Gasteiger charge is 2.26. The van der Waals surface area contributed by atoms with Crippen molar-refractivity contribution in [3.63, 3.8) is 0 Å². The summed E-state index contributed by atoms with van der Waals surface area (Å²) in [6.45, 7) is 0. The van der Waals surface area contributed by atoms with Crippen molar-refractivity contribution in [1.29, 1.82) is 0 Å². The number of nitrogens with zero attached hydrogens (tertiary/aromatic N) is 1. The first-order valence-corrected chi connectivity index (χ1v) is 11.4. The van der Waals surface area contributed by atoms with E-state index in [1.54, 1.807) is 67.8 Å². The molecule has 1 aliphatic heterocycles. The molecule has 4 rings (SSSR count). The summed E-state index contributed by atoms with van der Waals surface area (Å²) < 4.78 is 17.3. The van der Waals surface area contributed by atoms with Gasteiger partial charge in [-0.2, -0.15) is 0 Å². The van der Waals surface area contributed by atoms with Gasteiger partial charge in [-0.1, -0.05) is 39.7 Å². The van der Waals surface area contributed by atoms with Gasteiger partial charge < -0.3 is 14.2 Å². The minimum Gasteiger partial charge on any atom is -0.497 e. The molecule has 0 N–H and O–H groups in total. The summed E-state index contributed by atoms with van der Waals surface area (Å²) in [6.07, 6.45) is 1.48. The zero-order valence-electron chi connectivity index (χ0n) is 17.0. The molecule has 0 atom stereocenters. The van der Waals surface area contributed by atoms with Crippen molar-refractivity contribution in [1.82, 2.24) is 0 Å². The number of benzene rings is 3. The quantitative estimate of drug-likeness (QED) is 0.194. The molecule has 6 nitrogen and oxygen atoms in total. The third-order valence-corrected chi connectivity index (χ3v) is 5.95. The van der Waals surface area contributed by atoms with E-state index in [9.17, 15) is 9.59 Å². The SMILES string of the molecule is COc1ccc(C(=O)Oc2c(Br)cc(Br)cc2/C=C2\N=C(c3ccccc3Cl)OC2=O)cc1. The molecule has 0 saturated heterocycles. The average molecular weight is 592 g/mol. The Kier molecular flexibility index (Phi) is 6.97. The van der Waals surface area contributed by atoms with Crippen molar-refractivity contribution in [3.8, 4) is 11.5 Å². The molecule has 1 heterocycles. The van der Waals surface area contributed by atoms with Gasteiger partial charge >= 0.3 is 11.9 Å². The van der Waals surface area contributed by atoms with Gasteiger partial charge in [0.1, 0.15) is 5.75 Å². The Bertz CT molecular complexity index is 1320. The van der Waals surface area contributed by atoms with E-state index in [2.05, 4.69) is 36.9 Å². The zero-order chi connectivity index (χ0) is 23.5. The lowest BCUT2D eigenvalue weighted by Crippen LogP contribution is -2.10. The lowest BCUT2D eigenvalue weighted by molar-refractivity contribution is -0.129. The number of rotatable bonds is 5. The standard InChI is InChI=1S/C24H14Br2ClNO5/c1-31-16-8-6-13(7-9-16)23(29)32-21-14(10-15(25)12-18(21)26)11-20-24(30)33-22(28-20)17-4-2-3-5-19(17)27/h2-12H,1H3/b20-11-. The first-order chi connectivity index (χ1) is 15.9. The van der Waals surface area contributed by atoms with Crippen LogP contribution in [0.5, 0.6) is 11.5 Å². The van der Waals surface area contributed by atoms with Crippen molar-refractivity contribution in [2.24, 2.45) is 4.99 Å². The van der Waals surface area contributed by atoms with E-state index in [1.807, 2.05) is 0 Å². The molecule has 0 saturated carbocycles. The van der Waals surface area contributed by atoms with Crippen LogP contribution in [0.15, 0.2) is 80.3 Å². The number of esters is 2. The topological polar surface area (TPSA) is 74.2 Å². The molecule has 0 unspecified atom stereocenters. The summed E-state index contributed by atoms with van der Waals surface area (Å²) in [5.41, 5.74) is 1.31. The number of halogens is 3. The molecule has 3 aromatic rings. The van der Waals surface area contributed by atoms with Gasteiger partial charge in [0.05, 0.1) is 27.7 Å². The molecular weight excluding hydrogens is 578 g/mol. The molecular formula is C24H14Br2ClNO5. The van der Waals surface area contributed by atoms with Gasteiger partial charge in [0, 0.05) is 10.0 Å². The van der Waals surface area contributed by atoms with Gasteiger partial charge in [-0.15, -0.1) is 0 Å². The van der Waals surface area contributed by atoms with E-state index < -0.39 is 11.9 Å². The van der Waals surface area contributed by atoms with Crippen LogP contribution < -0.4 is 9.47 Å². The smallest absolute Gasteiger partial charge is 0.363 e. The van der Waals surface area contributed by atoms with Gasteiger partial charge in [0.2, 0.25) is 5.90 Å². The maximum Gasteiger partial charge on any atom is 0.363 e. The summed E-state index contributed by atoms with van der Waals surface area (Å²) >= 11 is 13.0. The molecule has 0 fully saturated rings. The van der Waals surface area contributed by atoms with Crippen LogP contribution in [-0.4, -0.2) is 24.9 Å². The fourth-order valence-electron chi connectivity index (χ4n) is 2.98.